The molecule has 4 nitrogen and oxygen atoms in total. The quantitative estimate of drug-likeness (QED) is 0.714. The number of hydrogen-bond donors (Lipinski definition) is 2. The first-order valence-electron chi connectivity index (χ1n) is 9.37. The lowest BCUT2D eigenvalue weighted by molar-refractivity contribution is -0.114. The van der Waals surface area contributed by atoms with Crippen LogP contribution in [0.5, 0.6) is 5.75 Å². The van der Waals surface area contributed by atoms with E-state index in [-0.39, 0.29) is 23.5 Å². The fraction of sp³-hybridized carbons (Fsp3) is 0.250. The summed E-state index contributed by atoms with van der Waals surface area (Å²) >= 11 is 0. The second kappa shape index (κ2) is 8.14. The SMILES string of the molecule is C/C=C1\C(CC#N)C=C(c2ccc(NC(C)=O)cc2)C1c1cc(C)ccc1O. The molecule has 0 heterocycles. The second-order valence-electron chi connectivity index (χ2n) is 7.13. The zero-order chi connectivity index (χ0) is 20.3. The van der Waals surface area contributed by atoms with Crippen molar-refractivity contribution < 1.29 is 9.90 Å². The molecule has 2 unspecified atom stereocenters. The lowest BCUT2D eigenvalue weighted by Crippen LogP contribution is -2.06. The number of carbonyl (C=O) groups excluding carboxylic acids is 1. The summed E-state index contributed by atoms with van der Waals surface area (Å²) in [4.78, 5) is 11.3. The number of carbonyl (C=O) groups is 1. The van der Waals surface area contributed by atoms with Crippen LogP contribution in [0.1, 0.15) is 42.9 Å². The summed E-state index contributed by atoms with van der Waals surface area (Å²) in [5.41, 5.74) is 5.88. The van der Waals surface area contributed by atoms with Gasteiger partial charge in [0, 0.05) is 36.4 Å². The van der Waals surface area contributed by atoms with Gasteiger partial charge in [0.05, 0.1) is 6.07 Å². The largest absolute Gasteiger partial charge is 0.508 e. The number of aryl methyl sites for hydroxylation is 1. The van der Waals surface area contributed by atoms with Gasteiger partial charge in [-0.2, -0.15) is 5.26 Å². The number of amides is 1. The Morgan fingerprint density at radius 1 is 1.25 bits per heavy atom. The van der Waals surface area contributed by atoms with Crippen molar-refractivity contribution in [2.24, 2.45) is 5.92 Å². The molecule has 0 radical (unpaired) electrons. The Morgan fingerprint density at radius 2 is 1.96 bits per heavy atom. The van der Waals surface area contributed by atoms with Gasteiger partial charge in [0.2, 0.25) is 5.91 Å². The molecule has 0 saturated carbocycles. The average Bonchev–Trinajstić information content (AvgIpc) is 3.02. The summed E-state index contributed by atoms with van der Waals surface area (Å²) in [5, 5.41) is 22.6. The third-order valence-electron chi connectivity index (χ3n) is 5.13. The number of allylic oxidation sites excluding steroid dienone is 4. The summed E-state index contributed by atoms with van der Waals surface area (Å²) in [6, 6.07) is 15.6. The molecule has 0 aromatic heterocycles. The molecule has 0 saturated heterocycles. The molecule has 2 aromatic rings. The molecular weight excluding hydrogens is 348 g/mol. The van der Waals surface area contributed by atoms with Crippen LogP contribution in [0, 0.1) is 24.2 Å². The van der Waals surface area contributed by atoms with E-state index in [9.17, 15) is 15.2 Å². The highest BCUT2D eigenvalue weighted by atomic mass is 16.3. The van der Waals surface area contributed by atoms with Crippen LogP contribution in [0.25, 0.3) is 5.57 Å². The Labute approximate surface area is 165 Å². The van der Waals surface area contributed by atoms with Crippen LogP contribution in [0.2, 0.25) is 0 Å². The first-order chi connectivity index (χ1) is 13.4. The minimum absolute atomic E-state index is 0.0185. The van der Waals surface area contributed by atoms with E-state index >= 15 is 0 Å². The molecule has 2 atom stereocenters. The van der Waals surface area contributed by atoms with Gasteiger partial charge in [0.25, 0.3) is 0 Å². The molecule has 0 spiro atoms. The van der Waals surface area contributed by atoms with Gasteiger partial charge in [-0.05, 0) is 43.2 Å². The average molecular weight is 372 g/mol. The first kappa shape index (κ1) is 19.4. The second-order valence-corrected chi connectivity index (χ2v) is 7.13. The van der Waals surface area contributed by atoms with Gasteiger partial charge in [0.15, 0.2) is 0 Å². The van der Waals surface area contributed by atoms with E-state index in [0.717, 1.165) is 33.5 Å². The molecule has 0 fully saturated rings. The number of nitriles is 1. The molecule has 1 aliphatic rings. The maximum Gasteiger partial charge on any atom is 0.221 e. The summed E-state index contributed by atoms with van der Waals surface area (Å²) in [5.74, 6) is 0.0637. The lowest BCUT2D eigenvalue weighted by Gasteiger charge is -2.21. The van der Waals surface area contributed by atoms with Crippen LogP contribution >= 0.6 is 0 Å². The summed E-state index contributed by atoms with van der Waals surface area (Å²) in [7, 11) is 0. The maximum absolute atomic E-state index is 11.3. The summed E-state index contributed by atoms with van der Waals surface area (Å²) in [6.07, 6.45) is 4.60. The van der Waals surface area contributed by atoms with Crippen molar-refractivity contribution in [3.8, 4) is 11.8 Å². The number of aromatic hydroxyl groups is 1. The van der Waals surface area contributed by atoms with Gasteiger partial charge in [0.1, 0.15) is 5.75 Å². The zero-order valence-corrected chi connectivity index (χ0v) is 16.4. The van der Waals surface area contributed by atoms with E-state index in [0.29, 0.717) is 6.42 Å². The van der Waals surface area contributed by atoms with E-state index in [1.165, 1.54) is 6.92 Å². The van der Waals surface area contributed by atoms with Crippen LogP contribution < -0.4 is 5.32 Å². The predicted octanol–water partition coefficient (Wildman–Crippen LogP) is 5.32. The van der Waals surface area contributed by atoms with Crippen molar-refractivity contribution in [3.63, 3.8) is 0 Å². The van der Waals surface area contributed by atoms with E-state index < -0.39 is 0 Å². The number of nitrogens with zero attached hydrogens (tertiary/aromatic N) is 1. The van der Waals surface area contributed by atoms with E-state index in [1.807, 2.05) is 50.2 Å². The van der Waals surface area contributed by atoms with Gasteiger partial charge in [-0.15, -0.1) is 0 Å². The third kappa shape index (κ3) is 3.84. The van der Waals surface area contributed by atoms with Crippen LogP contribution in [-0.4, -0.2) is 11.0 Å². The molecule has 4 heteroatoms. The molecular formula is C24H24N2O2. The number of anilines is 1. The normalized spacial score (nSPS) is 19.9. The van der Waals surface area contributed by atoms with Crippen molar-refractivity contribution in [2.75, 3.05) is 5.32 Å². The van der Waals surface area contributed by atoms with Crippen molar-refractivity contribution in [1.82, 2.24) is 0 Å². The molecule has 1 aliphatic carbocycles. The minimum atomic E-state index is -0.110. The number of hydrogen-bond acceptors (Lipinski definition) is 3. The van der Waals surface area contributed by atoms with Crippen molar-refractivity contribution >= 4 is 17.2 Å². The molecule has 3 rings (SSSR count). The summed E-state index contributed by atoms with van der Waals surface area (Å²) < 4.78 is 0. The number of rotatable bonds is 4. The number of nitrogens with one attached hydrogen (secondary N) is 1. The van der Waals surface area contributed by atoms with Crippen LogP contribution in [0.3, 0.4) is 0 Å². The monoisotopic (exact) mass is 372 g/mol. The Morgan fingerprint density at radius 3 is 2.57 bits per heavy atom. The number of phenolic OH excluding ortho intramolecular Hbond substituents is 1. The maximum atomic E-state index is 11.3. The Balaban J connectivity index is 2.09. The van der Waals surface area contributed by atoms with Crippen LogP contribution in [-0.2, 0) is 4.79 Å². The molecule has 0 bridgehead atoms. The smallest absolute Gasteiger partial charge is 0.221 e. The molecule has 142 valence electrons. The highest BCUT2D eigenvalue weighted by molar-refractivity contribution is 5.89. The van der Waals surface area contributed by atoms with Gasteiger partial charge < -0.3 is 10.4 Å². The number of benzene rings is 2. The highest BCUT2D eigenvalue weighted by Gasteiger charge is 2.34. The van der Waals surface area contributed by atoms with E-state index in [1.54, 1.807) is 6.07 Å². The van der Waals surface area contributed by atoms with Crippen LogP contribution in [0.15, 0.2) is 60.2 Å². The Kier molecular flexibility index (Phi) is 5.65. The van der Waals surface area contributed by atoms with Gasteiger partial charge in [-0.25, -0.2) is 0 Å². The first-order valence-corrected chi connectivity index (χ1v) is 9.37. The minimum Gasteiger partial charge on any atom is -0.508 e. The fourth-order valence-corrected chi connectivity index (χ4v) is 3.92. The van der Waals surface area contributed by atoms with E-state index in [2.05, 4.69) is 23.5 Å². The highest BCUT2D eigenvalue weighted by Crippen LogP contribution is 2.50. The Hall–Kier alpha value is -3.32. The fourth-order valence-electron chi connectivity index (χ4n) is 3.92. The number of phenols is 1. The molecule has 28 heavy (non-hydrogen) atoms. The third-order valence-corrected chi connectivity index (χ3v) is 5.13. The predicted molar refractivity (Wildman–Crippen MR) is 112 cm³/mol. The lowest BCUT2D eigenvalue weighted by atomic mass is 9.82. The molecule has 2 N–H and O–H groups in total. The standard InChI is InChI=1S/C24H24N2O2/c1-4-20-18(11-12-25)14-21(17-6-8-19(9-7-17)26-16(3)27)24(20)22-13-15(2)5-10-23(22)28/h4-10,13-14,18,24,28H,11H2,1-3H3,(H,26,27)/b20-4+. The van der Waals surface area contributed by atoms with Crippen molar-refractivity contribution in [2.45, 2.75) is 33.1 Å². The topological polar surface area (TPSA) is 73.1 Å². The van der Waals surface area contributed by atoms with Crippen molar-refractivity contribution in [1.29, 1.82) is 5.26 Å². The molecule has 1 amide bonds. The Bertz CT molecular complexity index is 994. The molecule has 2 aromatic carbocycles. The summed E-state index contributed by atoms with van der Waals surface area (Å²) in [6.45, 7) is 5.47. The van der Waals surface area contributed by atoms with Gasteiger partial charge in [-0.1, -0.05) is 47.6 Å². The van der Waals surface area contributed by atoms with Crippen molar-refractivity contribution in [3.05, 3.63) is 76.9 Å². The van der Waals surface area contributed by atoms with Gasteiger partial charge in [-0.3, -0.25) is 4.79 Å². The van der Waals surface area contributed by atoms with E-state index in [4.69, 9.17) is 0 Å². The van der Waals surface area contributed by atoms with Crippen LogP contribution in [0.4, 0.5) is 5.69 Å². The van der Waals surface area contributed by atoms with Gasteiger partial charge >= 0.3 is 0 Å². The molecule has 0 aliphatic heterocycles. The zero-order valence-electron chi connectivity index (χ0n) is 16.4.